The molecule has 0 fully saturated rings. The third-order valence-corrected chi connectivity index (χ3v) is 0.125. The van der Waals surface area contributed by atoms with E-state index in [2.05, 4.69) is 0 Å². The average molecular weight is 75.1 g/mol. The Morgan fingerprint density at radius 1 is 2.00 bits per heavy atom. The topological polar surface area (TPSA) is 40.9 Å². The zero-order valence-electron chi connectivity index (χ0n) is 1.82. The van der Waals surface area contributed by atoms with Crippen LogP contribution in [0.3, 0.4) is 0 Å². The summed E-state index contributed by atoms with van der Waals surface area (Å²) in [6.07, 6.45) is 0. The van der Waals surface area contributed by atoms with Crippen LogP contribution in [0.4, 0.5) is 0 Å². The van der Waals surface area contributed by atoms with E-state index in [1.54, 1.807) is 0 Å². The van der Waals surface area contributed by atoms with Crippen molar-refractivity contribution < 1.29 is 4.79 Å². The van der Waals surface area contributed by atoms with Crippen LogP contribution in [-0.4, -0.2) is 5.23 Å². The second kappa shape index (κ2) is 2.60. The van der Waals surface area contributed by atoms with E-state index in [1.165, 1.54) is 5.23 Å². The van der Waals surface area contributed by atoms with Gasteiger partial charge >= 0.3 is 0 Å². The molecule has 0 aliphatic heterocycles. The molecule has 0 radical (unpaired) electrons. The fraction of sp³-hybridized carbons (Fsp3) is 0. The number of carbonyl (C=O) groups excluding carboxylic acids is 1. The van der Waals surface area contributed by atoms with Gasteiger partial charge in [-0.15, -0.1) is 0 Å². The van der Waals surface area contributed by atoms with E-state index in [4.69, 9.17) is 9.57 Å². The predicted molar refractivity (Wildman–Crippen MR) is 15.8 cm³/mol. The standard InChI is InChI=1S/CHNOS/c2-4-1-3/h2H. The predicted octanol–water partition coefficient (Wildman–Crippen LogP) is -0.101. The van der Waals surface area contributed by atoms with Crippen molar-refractivity contribution in [3.8, 4) is 0 Å². The van der Waals surface area contributed by atoms with Crippen molar-refractivity contribution in [1.29, 1.82) is 4.78 Å². The van der Waals surface area contributed by atoms with Gasteiger partial charge in [0.15, 0.2) is 0 Å². The number of hydrogen-bond acceptors (Lipinski definition) is 2. The van der Waals surface area contributed by atoms with Crippen LogP contribution in [0.25, 0.3) is 0 Å². The normalized spacial score (nSPS) is 4.00. The quantitative estimate of drug-likeness (QED) is 0.401. The molecule has 0 aliphatic rings. The van der Waals surface area contributed by atoms with Gasteiger partial charge in [0.25, 0.3) is 0 Å². The summed E-state index contributed by atoms with van der Waals surface area (Å²) in [6.45, 7) is 0. The molecule has 0 heterocycles. The lowest BCUT2D eigenvalue weighted by Gasteiger charge is -1.14. The fourth-order valence-corrected chi connectivity index (χ4v) is 0. The Labute approximate surface area is 27.0 Å². The molecule has 0 saturated carbocycles. The maximum Gasteiger partial charge on any atom is 0.210 e. The summed E-state index contributed by atoms with van der Waals surface area (Å²) in [5.41, 5.74) is 0. The van der Waals surface area contributed by atoms with E-state index in [-0.39, 0.29) is 0 Å². The second-order valence-corrected chi connectivity index (χ2v) is 0.556. The molecule has 0 amide bonds. The first-order valence-corrected chi connectivity index (χ1v) is 1.43. The van der Waals surface area contributed by atoms with Crippen molar-refractivity contribution >= 4 is 16.4 Å². The lowest BCUT2D eigenvalue weighted by atomic mass is 11.9. The van der Waals surface area contributed by atoms with Crippen LogP contribution < -0.4 is 0 Å². The molecular formula is CHNOS. The summed E-state index contributed by atoms with van der Waals surface area (Å²) in [7, 11) is 0. The number of rotatable bonds is 0. The van der Waals surface area contributed by atoms with E-state index in [9.17, 15) is 0 Å². The van der Waals surface area contributed by atoms with E-state index >= 15 is 0 Å². The molecule has 0 atom stereocenters. The smallest absolute Gasteiger partial charge is 0.210 e. The first-order chi connectivity index (χ1) is 1.91. The van der Waals surface area contributed by atoms with Crippen molar-refractivity contribution in [2.45, 2.75) is 0 Å². The summed E-state index contributed by atoms with van der Waals surface area (Å²) >= 11 is 0.301. The molecule has 22 valence electrons. The molecule has 2 nitrogen and oxygen atoms in total. The van der Waals surface area contributed by atoms with Gasteiger partial charge in [-0.25, -0.2) is 9.57 Å². The van der Waals surface area contributed by atoms with Crippen LogP contribution >= 0.6 is 0 Å². The van der Waals surface area contributed by atoms with Gasteiger partial charge in [0.1, 0.15) is 0 Å². The zero-order valence-corrected chi connectivity index (χ0v) is 2.63. The molecule has 0 saturated heterocycles. The molecule has 0 unspecified atom stereocenters. The Bertz CT molecular complexity index is 58.1. The maximum absolute atomic E-state index is 8.82. The van der Waals surface area contributed by atoms with Gasteiger partial charge < -0.3 is 0 Å². The third-order valence-electron chi connectivity index (χ3n) is 0.0417. The molecular weight excluding hydrogens is 74.1 g/mol. The molecule has 0 aromatic rings. The molecule has 0 aromatic heterocycles. The van der Waals surface area contributed by atoms with Crippen molar-refractivity contribution in [2.24, 2.45) is 0 Å². The highest BCUT2D eigenvalue weighted by Crippen LogP contribution is 1.06. The van der Waals surface area contributed by atoms with Gasteiger partial charge in [-0.2, -0.15) is 0 Å². The minimum Gasteiger partial charge on any atom is -0.236 e. The Morgan fingerprint density at radius 3 is 2.25 bits per heavy atom. The van der Waals surface area contributed by atoms with Crippen molar-refractivity contribution in [2.75, 3.05) is 0 Å². The minimum absolute atomic E-state index is 0.301. The molecule has 0 aliphatic carbocycles. The van der Waals surface area contributed by atoms with E-state index in [1.807, 2.05) is 0 Å². The summed E-state index contributed by atoms with van der Waals surface area (Å²) in [4.78, 5) is 8.82. The Hall–Kier alpha value is -0.400. The van der Waals surface area contributed by atoms with Gasteiger partial charge in [0, 0.05) is 11.1 Å². The molecule has 0 spiro atoms. The highest BCUT2D eigenvalue weighted by molar-refractivity contribution is 7.64. The first kappa shape index (κ1) is 3.60. The molecule has 0 bridgehead atoms. The van der Waals surface area contributed by atoms with Gasteiger partial charge in [0.05, 0.1) is 0 Å². The summed E-state index contributed by atoms with van der Waals surface area (Å²) in [6, 6.07) is 0. The Balaban J connectivity index is 3.95. The van der Waals surface area contributed by atoms with Crippen molar-refractivity contribution in [3.63, 3.8) is 0 Å². The summed E-state index contributed by atoms with van der Waals surface area (Å²) < 4.78 is 5.94. The molecule has 3 heteroatoms. The number of hydrogen-bond donors (Lipinski definition) is 1. The third kappa shape index (κ3) is 1.60. The molecule has 0 aromatic carbocycles. The van der Waals surface area contributed by atoms with Gasteiger partial charge in [-0.05, 0) is 0 Å². The zero-order chi connectivity index (χ0) is 3.41. The van der Waals surface area contributed by atoms with Crippen molar-refractivity contribution in [1.82, 2.24) is 0 Å². The SMILES string of the molecule is N=S=C=O. The molecule has 1 N–H and O–H groups in total. The van der Waals surface area contributed by atoms with Gasteiger partial charge in [-0.3, -0.25) is 0 Å². The van der Waals surface area contributed by atoms with Crippen molar-refractivity contribution in [3.05, 3.63) is 0 Å². The van der Waals surface area contributed by atoms with Crippen LogP contribution in [0.5, 0.6) is 0 Å². The van der Waals surface area contributed by atoms with Gasteiger partial charge in [0.2, 0.25) is 5.23 Å². The lowest BCUT2D eigenvalue weighted by molar-refractivity contribution is 0.572. The van der Waals surface area contributed by atoms with Crippen LogP contribution in [0, 0.1) is 4.78 Å². The van der Waals surface area contributed by atoms with Crippen LogP contribution in [0.15, 0.2) is 0 Å². The fourth-order valence-electron chi connectivity index (χ4n) is 0. The Morgan fingerprint density at radius 2 is 2.25 bits per heavy atom. The molecule has 0 rings (SSSR count). The highest BCUT2D eigenvalue weighted by atomic mass is 32.1. The summed E-state index contributed by atoms with van der Waals surface area (Å²) in [5, 5.41) is 1.26. The first-order valence-electron chi connectivity index (χ1n) is 0.612. The minimum atomic E-state index is 0.301. The van der Waals surface area contributed by atoms with Gasteiger partial charge in [-0.1, -0.05) is 0 Å². The maximum atomic E-state index is 8.82. The van der Waals surface area contributed by atoms with E-state index < -0.39 is 0 Å². The van der Waals surface area contributed by atoms with E-state index in [0.29, 0.717) is 11.1 Å². The highest BCUT2D eigenvalue weighted by Gasteiger charge is 1.19. The largest absolute Gasteiger partial charge is 0.236 e. The second-order valence-electron chi connectivity index (χ2n) is 0.185. The average Bonchev–Trinajstić information content (AvgIpc) is 1.37. The summed E-state index contributed by atoms with van der Waals surface area (Å²) in [5.74, 6) is 0. The number of nitrogens with one attached hydrogen (secondary N) is 1. The van der Waals surface area contributed by atoms with Crippen LogP contribution in [-0.2, 0) is 15.9 Å². The monoisotopic (exact) mass is 75.0 g/mol. The lowest BCUT2D eigenvalue weighted by Crippen LogP contribution is -1.27. The van der Waals surface area contributed by atoms with Crippen LogP contribution in [0.1, 0.15) is 0 Å². The Kier molecular flexibility index (Phi) is 2.34. The van der Waals surface area contributed by atoms with E-state index in [0.717, 1.165) is 0 Å². The van der Waals surface area contributed by atoms with Crippen LogP contribution in [0.2, 0.25) is 0 Å². The molecule has 4 heavy (non-hydrogen) atoms.